The van der Waals surface area contributed by atoms with Crippen LogP contribution in [0.2, 0.25) is 0 Å². The van der Waals surface area contributed by atoms with Crippen molar-refractivity contribution in [1.82, 2.24) is 5.73 Å². The molecular weight excluding hydrogens is 190 g/mol. The summed E-state index contributed by atoms with van der Waals surface area (Å²) in [4.78, 5) is -0.152. The van der Waals surface area contributed by atoms with Crippen LogP contribution in [0.4, 0.5) is 0 Å². The highest BCUT2D eigenvalue weighted by atomic mass is 32.2. The molecule has 0 aliphatic rings. The number of aryl methyl sites for hydroxylation is 1. The smallest absolute Gasteiger partial charge is 0.282 e. The average Bonchev–Trinajstić information content (AvgIpc) is 2.03. The van der Waals surface area contributed by atoms with Gasteiger partial charge in [-0.1, -0.05) is 6.07 Å². The first-order chi connectivity index (χ1) is 5.95. The molecule has 0 saturated carbocycles. The van der Waals surface area contributed by atoms with Gasteiger partial charge in [0.1, 0.15) is 0 Å². The third-order valence-corrected chi connectivity index (χ3v) is 2.66. The third-order valence-electron chi connectivity index (χ3n) is 1.81. The second-order valence-corrected chi connectivity index (χ2v) is 4.16. The molecule has 1 radical (unpaired) electrons. The molecule has 0 atom stereocenters. The molecule has 0 bridgehead atoms. The molecule has 0 saturated heterocycles. The van der Waals surface area contributed by atoms with Gasteiger partial charge in [0.2, 0.25) is 0 Å². The first-order valence-corrected chi connectivity index (χ1v) is 5.11. The average molecular weight is 200 g/mol. The number of hydrogen-bond acceptors (Lipinski definition) is 2. The molecule has 5 heteroatoms. The predicted molar refractivity (Wildman–Crippen MR) is 47.8 cm³/mol. The lowest BCUT2D eigenvalue weighted by Crippen LogP contribution is -2.00. The molecule has 0 unspecified atom stereocenters. The van der Waals surface area contributed by atoms with Crippen LogP contribution in [0.1, 0.15) is 11.1 Å². The van der Waals surface area contributed by atoms with Crippen LogP contribution in [0.15, 0.2) is 23.1 Å². The van der Waals surface area contributed by atoms with Crippen molar-refractivity contribution in [1.29, 1.82) is 0 Å². The van der Waals surface area contributed by atoms with Crippen LogP contribution < -0.4 is 5.73 Å². The minimum Gasteiger partial charge on any atom is -0.282 e. The molecule has 0 heterocycles. The fourth-order valence-electron chi connectivity index (χ4n) is 0.999. The van der Waals surface area contributed by atoms with E-state index in [9.17, 15) is 8.42 Å². The van der Waals surface area contributed by atoms with Gasteiger partial charge in [0.05, 0.1) is 4.90 Å². The summed E-state index contributed by atoms with van der Waals surface area (Å²) in [5.41, 5.74) is 8.57. The van der Waals surface area contributed by atoms with Crippen molar-refractivity contribution in [2.75, 3.05) is 0 Å². The minimum absolute atomic E-state index is 0.00912. The summed E-state index contributed by atoms with van der Waals surface area (Å²) in [6.45, 7) is 1.80. The van der Waals surface area contributed by atoms with Crippen LogP contribution in [-0.4, -0.2) is 13.0 Å². The van der Waals surface area contributed by atoms with Gasteiger partial charge in [0.15, 0.2) is 0 Å². The zero-order chi connectivity index (χ0) is 10.1. The van der Waals surface area contributed by atoms with Gasteiger partial charge >= 0.3 is 0 Å². The number of benzene rings is 1. The zero-order valence-corrected chi connectivity index (χ0v) is 7.93. The van der Waals surface area contributed by atoms with Crippen LogP contribution in [-0.2, 0) is 16.7 Å². The van der Waals surface area contributed by atoms with E-state index in [4.69, 9.17) is 10.3 Å². The normalized spacial score (nSPS) is 11.6. The van der Waals surface area contributed by atoms with E-state index in [1.165, 1.54) is 12.1 Å². The Kier molecular flexibility index (Phi) is 2.70. The van der Waals surface area contributed by atoms with E-state index in [-0.39, 0.29) is 11.4 Å². The van der Waals surface area contributed by atoms with Crippen molar-refractivity contribution < 1.29 is 13.0 Å². The molecule has 2 N–H and O–H groups in total. The van der Waals surface area contributed by atoms with E-state index >= 15 is 0 Å². The lowest BCUT2D eigenvalue weighted by atomic mass is 10.1. The summed E-state index contributed by atoms with van der Waals surface area (Å²) in [6.07, 6.45) is 0. The maximum Gasteiger partial charge on any atom is 0.294 e. The molecule has 4 nitrogen and oxygen atoms in total. The molecular formula is C8H10NO3S. The van der Waals surface area contributed by atoms with Gasteiger partial charge in [0, 0.05) is 6.54 Å². The molecule has 1 aromatic rings. The predicted octanol–water partition coefficient (Wildman–Crippen LogP) is 1.02. The summed E-state index contributed by atoms with van der Waals surface area (Å²) in [6, 6.07) is 4.22. The van der Waals surface area contributed by atoms with Crippen molar-refractivity contribution in [3.8, 4) is 0 Å². The number of rotatable bonds is 2. The van der Waals surface area contributed by atoms with Crippen molar-refractivity contribution >= 4 is 10.1 Å². The molecule has 0 spiro atoms. The van der Waals surface area contributed by atoms with Crippen molar-refractivity contribution in [3.63, 3.8) is 0 Å². The maximum absolute atomic E-state index is 10.7. The molecule has 71 valence electrons. The Bertz CT molecular complexity index is 411. The lowest BCUT2D eigenvalue weighted by molar-refractivity contribution is 0.483. The van der Waals surface area contributed by atoms with Gasteiger partial charge in [-0.05, 0) is 30.2 Å². The quantitative estimate of drug-likeness (QED) is 0.724. The van der Waals surface area contributed by atoms with Crippen LogP contribution in [0.5, 0.6) is 0 Å². The number of nitrogens with one attached hydrogen (secondary N) is 1. The van der Waals surface area contributed by atoms with Gasteiger partial charge in [-0.3, -0.25) is 10.3 Å². The maximum atomic E-state index is 10.7. The fraction of sp³-hybridized carbons (Fsp3) is 0.250. The van der Waals surface area contributed by atoms with Crippen molar-refractivity contribution in [2.45, 2.75) is 18.4 Å². The van der Waals surface area contributed by atoms with Gasteiger partial charge in [-0.15, -0.1) is 0 Å². The van der Waals surface area contributed by atoms with Crippen LogP contribution in [0.3, 0.4) is 0 Å². The topological polar surface area (TPSA) is 78.2 Å². The SMILES string of the molecule is Cc1ccc(S(=O)(=O)O)cc1C[NH]. The highest BCUT2D eigenvalue weighted by Gasteiger charge is 2.10. The van der Waals surface area contributed by atoms with Crippen molar-refractivity contribution in [2.24, 2.45) is 0 Å². The van der Waals surface area contributed by atoms with E-state index in [1.54, 1.807) is 13.0 Å². The monoisotopic (exact) mass is 200 g/mol. The molecule has 0 fully saturated rings. The van der Waals surface area contributed by atoms with E-state index < -0.39 is 10.1 Å². The van der Waals surface area contributed by atoms with Gasteiger partial charge in [-0.25, -0.2) is 0 Å². The Morgan fingerprint density at radius 1 is 1.46 bits per heavy atom. The standard InChI is InChI=1S/C8H10NO3S/c1-6-2-3-8(13(10,11)12)4-7(6)5-9/h2-4,9H,5H2,1H3,(H,10,11,12). The Hall–Kier alpha value is -0.910. The van der Waals surface area contributed by atoms with E-state index in [0.717, 1.165) is 5.56 Å². The highest BCUT2D eigenvalue weighted by Crippen LogP contribution is 2.14. The molecule has 0 aliphatic carbocycles. The largest absolute Gasteiger partial charge is 0.294 e. The van der Waals surface area contributed by atoms with Crippen molar-refractivity contribution in [3.05, 3.63) is 29.3 Å². The molecule has 13 heavy (non-hydrogen) atoms. The van der Waals surface area contributed by atoms with Crippen LogP contribution in [0.25, 0.3) is 0 Å². The highest BCUT2D eigenvalue weighted by molar-refractivity contribution is 7.85. The van der Waals surface area contributed by atoms with E-state index in [0.29, 0.717) is 5.56 Å². The summed E-state index contributed by atoms with van der Waals surface area (Å²) < 4.78 is 30.1. The van der Waals surface area contributed by atoms with E-state index in [2.05, 4.69) is 0 Å². The minimum atomic E-state index is -4.14. The molecule has 1 aromatic carbocycles. The Morgan fingerprint density at radius 3 is 2.54 bits per heavy atom. The second-order valence-electron chi connectivity index (χ2n) is 2.74. The second kappa shape index (κ2) is 3.45. The first-order valence-electron chi connectivity index (χ1n) is 3.67. The number of hydrogen-bond donors (Lipinski definition) is 1. The summed E-state index contributed by atoms with van der Waals surface area (Å²) >= 11 is 0. The first kappa shape index (κ1) is 10.2. The van der Waals surface area contributed by atoms with Gasteiger partial charge in [-0.2, -0.15) is 8.42 Å². The van der Waals surface area contributed by atoms with Crippen LogP contribution in [0, 0.1) is 6.92 Å². The fourth-order valence-corrected chi connectivity index (χ4v) is 1.53. The third kappa shape index (κ3) is 2.27. The molecule has 1 rings (SSSR count). The van der Waals surface area contributed by atoms with Crippen LogP contribution >= 0.6 is 0 Å². The zero-order valence-electron chi connectivity index (χ0n) is 7.11. The van der Waals surface area contributed by atoms with Gasteiger partial charge < -0.3 is 0 Å². The molecule has 0 aliphatic heterocycles. The Balaban J connectivity index is 3.30. The summed E-state index contributed by atoms with van der Waals surface area (Å²) in [7, 11) is -4.14. The Morgan fingerprint density at radius 2 is 2.08 bits per heavy atom. The Labute approximate surface area is 77.1 Å². The molecule has 0 amide bonds. The van der Waals surface area contributed by atoms with E-state index in [1.807, 2.05) is 0 Å². The molecule has 0 aromatic heterocycles. The summed E-state index contributed by atoms with van der Waals surface area (Å²) in [5, 5.41) is 0. The summed E-state index contributed by atoms with van der Waals surface area (Å²) in [5.74, 6) is 0. The lowest BCUT2D eigenvalue weighted by Gasteiger charge is -2.03. The van der Waals surface area contributed by atoms with Gasteiger partial charge in [0.25, 0.3) is 10.1 Å².